The predicted octanol–water partition coefficient (Wildman–Crippen LogP) is 0.308. The van der Waals surface area contributed by atoms with E-state index in [1.54, 1.807) is 7.05 Å². The van der Waals surface area contributed by atoms with Gasteiger partial charge in [0.2, 0.25) is 0 Å². The van der Waals surface area contributed by atoms with Crippen LogP contribution >= 0.6 is 24.0 Å². The Morgan fingerprint density at radius 3 is 2.78 bits per heavy atom. The zero-order valence-corrected chi connectivity index (χ0v) is 6.51. The Bertz CT molecular complexity index is 126. The first-order chi connectivity index (χ1) is 4.16. The number of rotatable bonds is 2. The SMILES string of the molecule is CNC(=S)SCC(=O)O. The minimum Gasteiger partial charge on any atom is -0.481 e. The lowest BCUT2D eigenvalue weighted by molar-refractivity contribution is -0.133. The molecule has 0 aromatic heterocycles. The maximum Gasteiger partial charge on any atom is 0.313 e. The summed E-state index contributed by atoms with van der Waals surface area (Å²) in [5, 5.41) is 10.8. The number of carboxylic acids is 1. The Morgan fingerprint density at radius 2 is 2.44 bits per heavy atom. The summed E-state index contributed by atoms with van der Waals surface area (Å²) in [5.41, 5.74) is 0. The first-order valence-corrected chi connectivity index (χ1v) is 3.62. The first-order valence-electron chi connectivity index (χ1n) is 2.23. The van der Waals surface area contributed by atoms with Crippen molar-refractivity contribution in [3.05, 3.63) is 0 Å². The van der Waals surface area contributed by atoms with Gasteiger partial charge >= 0.3 is 5.97 Å². The number of carboxylic acid groups (broad SMARTS) is 1. The molecule has 0 unspecified atom stereocenters. The minimum atomic E-state index is -0.849. The van der Waals surface area contributed by atoms with E-state index in [1.807, 2.05) is 0 Å². The molecule has 0 fully saturated rings. The van der Waals surface area contributed by atoms with E-state index in [4.69, 9.17) is 5.11 Å². The lowest BCUT2D eigenvalue weighted by Crippen LogP contribution is -2.13. The summed E-state index contributed by atoms with van der Waals surface area (Å²) in [4.78, 5) is 9.91. The van der Waals surface area contributed by atoms with Crippen LogP contribution in [0, 0.1) is 0 Å². The second kappa shape index (κ2) is 4.58. The molecule has 0 atom stereocenters. The fourth-order valence-corrected chi connectivity index (χ4v) is 0.775. The van der Waals surface area contributed by atoms with Crippen molar-refractivity contribution < 1.29 is 9.90 Å². The molecule has 0 saturated carbocycles. The van der Waals surface area contributed by atoms with Gasteiger partial charge < -0.3 is 10.4 Å². The van der Waals surface area contributed by atoms with Crippen molar-refractivity contribution in [1.82, 2.24) is 5.32 Å². The van der Waals surface area contributed by atoms with E-state index in [0.717, 1.165) is 11.8 Å². The molecule has 52 valence electrons. The lowest BCUT2D eigenvalue weighted by Gasteiger charge is -1.96. The number of nitrogens with one attached hydrogen (secondary N) is 1. The van der Waals surface area contributed by atoms with Crippen LogP contribution in [-0.2, 0) is 4.79 Å². The number of thiocarbonyl (C=S) groups is 1. The van der Waals surface area contributed by atoms with E-state index < -0.39 is 5.97 Å². The van der Waals surface area contributed by atoms with Crippen molar-refractivity contribution in [2.24, 2.45) is 0 Å². The fraction of sp³-hybridized carbons (Fsp3) is 0.500. The van der Waals surface area contributed by atoms with Gasteiger partial charge in [-0.2, -0.15) is 0 Å². The Kier molecular flexibility index (Phi) is 4.43. The molecule has 0 heterocycles. The third-order valence-corrected chi connectivity index (χ3v) is 1.95. The van der Waals surface area contributed by atoms with Crippen molar-refractivity contribution in [2.45, 2.75) is 0 Å². The molecular weight excluding hydrogens is 158 g/mol. The van der Waals surface area contributed by atoms with Gasteiger partial charge in [-0.1, -0.05) is 24.0 Å². The van der Waals surface area contributed by atoms with Crippen molar-refractivity contribution in [3.8, 4) is 0 Å². The third-order valence-electron chi connectivity index (χ3n) is 0.531. The maximum atomic E-state index is 9.91. The Balaban J connectivity index is 3.28. The topological polar surface area (TPSA) is 49.3 Å². The fourth-order valence-electron chi connectivity index (χ4n) is 0.199. The van der Waals surface area contributed by atoms with Crippen LogP contribution in [0.4, 0.5) is 0 Å². The molecule has 0 amide bonds. The molecule has 9 heavy (non-hydrogen) atoms. The molecule has 0 aliphatic rings. The van der Waals surface area contributed by atoms with Gasteiger partial charge in [0.25, 0.3) is 0 Å². The molecule has 0 radical (unpaired) electrons. The molecule has 2 N–H and O–H groups in total. The highest BCUT2D eigenvalue weighted by Crippen LogP contribution is 1.99. The normalized spacial score (nSPS) is 8.56. The van der Waals surface area contributed by atoms with E-state index in [-0.39, 0.29) is 5.75 Å². The van der Waals surface area contributed by atoms with Gasteiger partial charge in [-0.15, -0.1) is 0 Å². The third kappa shape index (κ3) is 5.58. The number of thioether (sulfide) groups is 1. The molecule has 0 aliphatic carbocycles. The summed E-state index contributed by atoms with van der Waals surface area (Å²) in [6.07, 6.45) is 0. The molecule has 0 rings (SSSR count). The van der Waals surface area contributed by atoms with E-state index in [9.17, 15) is 4.79 Å². The standard InChI is InChI=1S/C4H7NO2S2/c1-5-4(8)9-2-3(6)7/h2H2,1H3,(H,5,8)(H,6,7). The number of aliphatic carboxylic acids is 1. The molecular formula is C4H7NO2S2. The summed E-state index contributed by atoms with van der Waals surface area (Å²) < 4.78 is 0.511. The zero-order chi connectivity index (χ0) is 7.28. The average Bonchev–Trinajstić information content (AvgIpc) is 1.83. The monoisotopic (exact) mass is 165 g/mol. The highest BCUT2D eigenvalue weighted by molar-refractivity contribution is 8.23. The summed E-state index contributed by atoms with van der Waals surface area (Å²) in [5.74, 6) is -0.822. The van der Waals surface area contributed by atoms with Crippen molar-refractivity contribution >= 4 is 34.3 Å². The predicted molar refractivity (Wildman–Crippen MR) is 41.8 cm³/mol. The van der Waals surface area contributed by atoms with Gasteiger partial charge in [0.05, 0.1) is 5.75 Å². The van der Waals surface area contributed by atoms with Crippen LogP contribution in [-0.4, -0.2) is 28.2 Å². The second-order valence-corrected chi connectivity index (χ2v) is 2.87. The van der Waals surface area contributed by atoms with Gasteiger partial charge in [0.1, 0.15) is 4.32 Å². The largest absolute Gasteiger partial charge is 0.481 e. The number of hydrogen-bond donors (Lipinski definition) is 2. The summed E-state index contributed by atoms with van der Waals surface area (Å²) in [6, 6.07) is 0. The van der Waals surface area contributed by atoms with Crippen LogP contribution in [0.25, 0.3) is 0 Å². The zero-order valence-electron chi connectivity index (χ0n) is 4.88. The Labute approximate surface area is 62.8 Å². The van der Waals surface area contributed by atoms with Gasteiger partial charge in [-0.25, -0.2) is 0 Å². The smallest absolute Gasteiger partial charge is 0.313 e. The van der Waals surface area contributed by atoms with Crippen LogP contribution in [0.5, 0.6) is 0 Å². The number of hydrogen-bond acceptors (Lipinski definition) is 3. The molecule has 3 nitrogen and oxygen atoms in total. The maximum absolute atomic E-state index is 9.91. The Morgan fingerprint density at radius 1 is 1.89 bits per heavy atom. The molecule has 0 bridgehead atoms. The van der Waals surface area contributed by atoms with Gasteiger partial charge in [-0.05, 0) is 0 Å². The van der Waals surface area contributed by atoms with Gasteiger partial charge in [-0.3, -0.25) is 4.79 Å². The minimum absolute atomic E-state index is 0.0275. The average molecular weight is 165 g/mol. The highest BCUT2D eigenvalue weighted by atomic mass is 32.2. The lowest BCUT2D eigenvalue weighted by atomic mass is 10.8. The van der Waals surface area contributed by atoms with Gasteiger partial charge in [0, 0.05) is 7.05 Å². The molecule has 0 aliphatic heterocycles. The van der Waals surface area contributed by atoms with E-state index in [1.165, 1.54) is 0 Å². The molecule has 0 spiro atoms. The second-order valence-electron chi connectivity index (χ2n) is 1.22. The van der Waals surface area contributed by atoms with Crippen LogP contribution < -0.4 is 5.32 Å². The van der Waals surface area contributed by atoms with Crippen molar-refractivity contribution in [1.29, 1.82) is 0 Å². The van der Waals surface area contributed by atoms with Crippen molar-refractivity contribution in [2.75, 3.05) is 12.8 Å². The molecule has 0 aromatic rings. The first kappa shape index (κ1) is 8.71. The van der Waals surface area contributed by atoms with Crippen LogP contribution in [0.2, 0.25) is 0 Å². The highest BCUT2D eigenvalue weighted by Gasteiger charge is 1.98. The molecule has 0 saturated heterocycles. The van der Waals surface area contributed by atoms with E-state index >= 15 is 0 Å². The van der Waals surface area contributed by atoms with Gasteiger partial charge in [0.15, 0.2) is 0 Å². The number of carbonyl (C=O) groups is 1. The van der Waals surface area contributed by atoms with Crippen LogP contribution in [0.1, 0.15) is 0 Å². The van der Waals surface area contributed by atoms with Crippen LogP contribution in [0.15, 0.2) is 0 Å². The summed E-state index contributed by atoms with van der Waals surface area (Å²) in [6.45, 7) is 0. The van der Waals surface area contributed by atoms with E-state index in [2.05, 4.69) is 17.5 Å². The van der Waals surface area contributed by atoms with E-state index in [0.29, 0.717) is 4.32 Å². The Hall–Kier alpha value is -0.290. The summed E-state index contributed by atoms with van der Waals surface area (Å²) in [7, 11) is 1.66. The quantitative estimate of drug-likeness (QED) is 0.577. The van der Waals surface area contributed by atoms with Crippen molar-refractivity contribution in [3.63, 3.8) is 0 Å². The van der Waals surface area contributed by atoms with Crippen LogP contribution in [0.3, 0.4) is 0 Å². The molecule has 5 heteroatoms. The summed E-state index contributed by atoms with van der Waals surface area (Å²) >= 11 is 5.77. The molecule has 0 aromatic carbocycles.